The Bertz CT molecular complexity index is 667. The minimum atomic E-state index is -0.862. The fourth-order valence-corrected chi connectivity index (χ4v) is 3.03. The van der Waals surface area contributed by atoms with Crippen molar-refractivity contribution < 1.29 is 14.6 Å². The van der Waals surface area contributed by atoms with Crippen LogP contribution in [0.3, 0.4) is 0 Å². The van der Waals surface area contributed by atoms with Crippen molar-refractivity contribution in [1.82, 2.24) is 9.88 Å². The number of hydrogen-bond acceptors (Lipinski definition) is 4. The summed E-state index contributed by atoms with van der Waals surface area (Å²) in [5, 5.41) is 9.27. The molecular weight excluding hydrogens is 304 g/mol. The van der Waals surface area contributed by atoms with E-state index in [0.717, 1.165) is 37.2 Å². The van der Waals surface area contributed by atoms with Gasteiger partial charge in [0.1, 0.15) is 0 Å². The van der Waals surface area contributed by atoms with Crippen LogP contribution < -0.4 is 0 Å². The van der Waals surface area contributed by atoms with Crippen LogP contribution in [0.4, 0.5) is 0 Å². The number of likely N-dealkylation sites (tertiary alicyclic amines) is 1. The summed E-state index contributed by atoms with van der Waals surface area (Å²) in [5.74, 6) is -0.862. The third kappa shape index (κ3) is 4.40. The molecule has 0 bridgehead atoms. The molecule has 1 N–H and O–H groups in total. The highest BCUT2D eigenvalue weighted by atomic mass is 16.5. The van der Waals surface area contributed by atoms with Gasteiger partial charge in [0.2, 0.25) is 0 Å². The molecule has 5 heteroatoms. The Morgan fingerprint density at radius 3 is 2.62 bits per heavy atom. The number of nitrogens with zero attached hydrogens (tertiary/aromatic N) is 2. The van der Waals surface area contributed by atoms with Gasteiger partial charge in [-0.05, 0) is 36.6 Å². The van der Waals surface area contributed by atoms with Gasteiger partial charge in [-0.1, -0.05) is 24.3 Å². The first-order valence-corrected chi connectivity index (χ1v) is 8.27. The summed E-state index contributed by atoms with van der Waals surface area (Å²) >= 11 is 0. The Morgan fingerprint density at radius 2 is 1.92 bits per heavy atom. The maximum absolute atomic E-state index is 11.3. The smallest absolute Gasteiger partial charge is 0.336 e. The average molecular weight is 326 g/mol. The third-order valence-corrected chi connectivity index (χ3v) is 4.37. The standard InChI is InChI=1S/C19H22N2O3/c22-19(23)18-7-2-1-5-15(18)13-21-11-8-17(9-12-21)24-14-16-6-3-4-10-20-16/h1-7,10,17H,8-9,11-14H2,(H,22,23). The van der Waals surface area contributed by atoms with Crippen molar-refractivity contribution >= 4 is 5.97 Å². The van der Waals surface area contributed by atoms with Crippen molar-refractivity contribution in [1.29, 1.82) is 0 Å². The summed E-state index contributed by atoms with van der Waals surface area (Å²) in [7, 11) is 0. The number of pyridine rings is 1. The summed E-state index contributed by atoms with van der Waals surface area (Å²) in [6.07, 6.45) is 3.95. The van der Waals surface area contributed by atoms with Gasteiger partial charge in [0.15, 0.2) is 0 Å². The van der Waals surface area contributed by atoms with Crippen LogP contribution in [0, 0.1) is 0 Å². The second-order valence-corrected chi connectivity index (χ2v) is 6.07. The lowest BCUT2D eigenvalue weighted by Gasteiger charge is -2.32. The normalized spacial score (nSPS) is 16.2. The van der Waals surface area contributed by atoms with Gasteiger partial charge in [0.05, 0.1) is 24.0 Å². The molecule has 2 heterocycles. The van der Waals surface area contributed by atoms with E-state index in [1.54, 1.807) is 18.3 Å². The van der Waals surface area contributed by atoms with Gasteiger partial charge < -0.3 is 9.84 Å². The molecular formula is C19H22N2O3. The van der Waals surface area contributed by atoms with E-state index in [1.807, 2.05) is 30.3 Å². The summed E-state index contributed by atoms with van der Waals surface area (Å²) in [6.45, 7) is 3.06. The van der Waals surface area contributed by atoms with E-state index in [1.165, 1.54) is 0 Å². The highest BCUT2D eigenvalue weighted by molar-refractivity contribution is 5.89. The first-order valence-electron chi connectivity index (χ1n) is 8.27. The maximum Gasteiger partial charge on any atom is 0.336 e. The minimum Gasteiger partial charge on any atom is -0.478 e. The van der Waals surface area contributed by atoms with Crippen LogP contribution in [0.1, 0.15) is 34.5 Å². The Labute approximate surface area is 141 Å². The molecule has 1 aromatic heterocycles. The zero-order chi connectivity index (χ0) is 16.8. The molecule has 0 atom stereocenters. The minimum absolute atomic E-state index is 0.248. The number of carboxylic acid groups (broad SMARTS) is 1. The summed E-state index contributed by atoms with van der Waals surface area (Å²) in [5.41, 5.74) is 2.22. The molecule has 1 aromatic carbocycles. The average Bonchev–Trinajstić information content (AvgIpc) is 2.62. The molecule has 24 heavy (non-hydrogen) atoms. The lowest BCUT2D eigenvalue weighted by molar-refractivity contribution is -0.00529. The molecule has 0 aliphatic carbocycles. The van der Waals surface area contributed by atoms with Crippen molar-refractivity contribution in [2.75, 3.05) is 13.1 Å². The monoisotopic (exact) mass is 326 g/mol. The zero-order valence-corrected chi connectivity index (χ0v) is 13.6. The second-order valence-electron chi connectivity index (χ2n) is 6.07. The molecule has 0 saturated carbocycles. The maximum atomic E-state index is 11.3. The van der Waals surface area contributed by atoms with E-state index in [0.29, 0.717) is 18.7 Å². The number of carbonyl (C=O) groups is 1. The van der Waals surface area contributed by atoms with Gasteiger partial charge >= 0.3 is 5.97 Å². The van der Waals surface area contributed by atoms with Crippen molar-refractivity contribution in [3.05, 3.63) is 65.5 Å². The van der Waals surface area contributed by atoms with Gasteiger partial charge in [-0.15, -0.1) is 0 Å². The van der Waals surface area contributed by atoms with Crippen LogP contribution in [0.5, 0.6) is 0 Å². The van der Waals surface area contributed by atoms with E-state index >= 15 is 0 Å². The third-order valence-electron chi connectivity index (χ3n) is 4.37. The molecule has 5 nitrogen and oxygen atoms in total. The molecule has 0 spiro atoms. The molecule has 1 aliphatic heterocycles. The van der Waals surface area contributed by atoms with E-state index < -0.39 is 5.97 Å². The Morgan fingerprint density at radius 1 is 1.17 bits per heavy atom. The van der Waals surface area contributed by atoms with Crippen molar-refractivity contribution in [3.63, 3.8) is 0 Å². The van der Waals surface area contributed by atoms with E-state index in [4.69, 9.17) is 4.74 Å². The van der Waals surface area contributed by atoms with Crippen LogP contribution in [-0.4, -0.2) is 40.2 Å². The Balaban J connectivity index is 1.48. The van der Waals surface area contributed by atoms with Crippen molar-refractivity contribution in [2.24, 2.45) is 0 Å². The zero-order valence-electron chi connectivity index (χ0n) is 13.6. The molecule has 2 aromatic rings. The van der Waals surface area contributed by atoms with Crippen LogP contribution in [-0.2, 0) is 17.9 Å². The highest BCUT2D eigenvalue weighted by Gasteiger charge is 2.21. The molecule has 1 fully saturated rings. The van der Waals surface area contributed by atoms with Crippen molar-refractivity contribution in [2.45, 2.75) is 32.1 Å². The van der Waals surface area contributed by atoms with Crippen molar-refractivity contribution in [3.8, 4) is 0 Å². The van der Waals surface area contributed by atoms with Crippen LogP contribution in [0.25, 0.3) is 0 Å². The highest BCUT2D eigenvalue weighted by Crippen LogP contribution is 2.19. The first kappa shape index (κ1) is 16.6. The Hall–Kier alpha value is -2.24. The number of aromatic nitrogens is 1. The molecule has 1 saturated heterocycles. The van der Waals surface area contributed by atoms with Gasteiger partial charge in [-0.2, -0.15) is 0 Å². The number of benzene rings is 1. The fraction of sp³-hybridized carbons (Fsp3) is 0.368. The summed E-state index contributed by atoms with van der Waals surface area (Å²) in [4.78, 5) is 17.9. The van der Waals surface area contributed by atoms with E-state index in [-0.39, 0.29) is 6.10 Å². The second kappa shape index (κ2) is 8.04. The molecule has 0 amide bonds. The number of hydrogen-bond donors (Lipinski definition) is 1. The van der Waals surface area contributed by atoms with Gasteiger partial charge in [-0.3, -0.25) is 9.88 Å². The lowest BCUT2D eigenvalue weighted by Crippen LogP contribution is -2.36. The quantitative estimate of drug-likeness (QED) is 0.884. The predicted molar refractivity (Wildman–Crippen MR) is 90.7 cm³/mol. The number of carboxylic acids is 1. The number of aromatic carboxylic acids is 1. The van der Waals surface area contributed by atoms with Gasteiger partial charge in [0.25, 0.3) is 0 Å². The predicted octanol–water partition coefficient (Wildman–Crippen LogP) is 2.96. The molecule has 1 aliphatic rings. The Kier molecular flexibility index (Phi) is 5.56. The van der Waals surface area contributed by atoms with Crippen LogP contribution in [0.2, 0.25) is 0 Å². The number of piperidine rings is 1. The largest absolute Gasteiger partial charge is 0.478 e. The molecule has 126 valence electrons. The van der Waals surface area contributed by atoms with Gasteiger partial charge in [-0.25, -0.2) is 4.79 Å². The van der Waals surface area contributed by atoms with E-state index in [2.05, 4.69) is 9.88 Å². The molecule has 0 unspecified atom stereocenters. The molecule has 3 rings (SSSR count). The number of rotatable bonds is 6. The fourth-order valence-electron chi connectivity index (χ4n) is 3.03. The van der Waals surface area contributed by atoms with Gasteiger partial charge in [0, 0.05) is 25.8 Å². The van der Waals surface area contributed by atoms with Crippen LogP contribution >= 0.6 is 0 Å². The van der Waals surface area contributed by atoms with Crippen LogP contribution in [0.15, 0.2) is 48.7 Å². The SMILES string of the molecule is O=C(O)c1ccccc1CN1CCC(OCc2ccccn2)CC1. The van der Waals surface area contributed by atoms with E-state index in [9.17, 15) is 9.90 Å². The summed E-state index contributed by atoms with van der Waals surface area (Å²) in [6, 6.07) is 13.1. The lowest BCUT2D eigenvalue weighted by atomic mass is 10.0. The topological polar surface area (TPSA) is 62.7 Å². The first-order chi connectivity index (χ1) is 11.7. The summed E-state index contributed by atoms with van der Waals surface area (Å²) < 4.78 is 5.95. The molecule has 0 radical (unpaired) electrons. The number of ether oxygens (including phenoxy) is 1.